The lowest BCUT2D eigenvalue weighted by molar-refractivity contribution is 0.169. The maximum Gasteiger partial charge on any atom is 0.204 e. The lowest BCUT2D eigenvalue weighted by Gasteiger charge is -2.36. The molecule has 2 aromatic rings. The Bertz CT molecular complexity index is 703. The Morgan fingerprint density at radius 1 is 1.33 bits per heavy atom. The molecule has 0 aromatic carbocycles. The minimum absolute atomic E-state index is 0.335. The number of anilines is 1. The zero-order valence-electron chi connectivity index (χ0n) is 12.0. The van der Waals surface area contributed by atoms with Crippen molar-refractivity contribution in [1.29, 1.82) is 5.26 Å². The van der Waals surface area contributed by atoms with E-state index in [1.54, 1.807) is 12.3 Å². The van der Waals surface area contributed by atoms with Gasteiger partial charge < -0.3 is 14.6 Å². The van der Waals surface area contributed by atoms with Gasteiger partial charge in [-0.1, -0.05) is 0 Å². The van der Waals surface area contributed by atoms with Crippen LogP contribution >= 0.6 is 0 Å². The van der Waals surface area contributed by atoms with Gasteiger partial charge in [-0.25, -0.2) is 4.98 Å². The third-order valence-corrected chi connectivity index (χ3v) is 4.96. The summed E-state index contributed by atoms with van der Waals surface area (Å²) in [5.41, 5.74) is 0.667. The molecular formula is C16H18N4O. The van der Waals surface area contributed by atoms with Crippen LogP contribution in [0.25, 0.3) is 11.0 Å². The molecular weight excluding hydrogens is 264 g/mol. The smallest absolute Gasteiger partial charge is 0.204 e. The van der Waals surface area contributed by atoms with Crippen molar-refractivity contribution in [2.45, 2.75) is 43.8 Å². The molecule has 2 bridgehead atoms. The third-order valence-electron chi connectivity index (χ3n) is 4.96. The van der Waals surface area contributed by atoms with Crippen LogP contribution in [0, 0.1) is 11.3 Å². The monoisotopic (exact) mass is 282 g/mol. The van der Waals surface area contributed by atoms with Crippen LogP contribution in [0.3, 0.4) is 0 Å². The quantitative estimate of drug-likeness (QED) is 0.917. The van der Waals surface area contributed by atoms with E-state index >= 15 is 0 Å². The van der Waals surface area contributed by atoms with Crippen molar-refractivity contribution >= 4 is 16.8 Å². The van der Waals surface area contributed by atoms with Crippen LogP contribution in [0.5, 0.6) is 0 Å². The van der Waals surface area contributed by atoms with E-state index in [-0.39, 0.29) is 0 Å². The molecule has 0 aliphatic carbocycles. The van der Waals surface area contributed by atoms with Gasteiger partial charge in [0.1, 0.15) is 11.9 Å². The SMILES string of the molecule is CN1C2CCC1CC(Nc1cc3cc(C#N)oc3cn1)C2. The van der Waals surface area contributed by atoms with Gasteiger partial charge in [0.2, 0.25) is 5.76 Å². The second-order valence-corrected chi connectivity index (χ2v) is 6.19. The zero-order valence-corrected chi connectivity index (χ0v) is 12.0. The summed E-state index contributed by atoms with van der Waals surface area (Å²) in [7, 11) is 2.25. The molecule has 5 nitrogen and oxygen atoms in total. The predicted molar refractivity (Wildman–Crippen MR) is 79.9 cm³/mol. The van der Waals surface area contributed by atoms with E-state index in [1.807, 2.05) is 12.1 Å². The highest BCUT2D eigenvalue weighted by atomic mass is 16.3. The molecule has 4 rings (SSSR count). The third kappa shape index (κ3) is 2.16. The van der Waals surface area contributed by atoms with E-state index in [2.05, 4.69) is 22.2 Å². The second kappa shape index (κ2) is 4.74. The molecule has 2 aromatic heterocycles. The number of rotatable bonds is 2. The molecule has 2 unspecified atom stereocenters. The Morgan fingerprint density at radius 3 is 2.81 bits per heavy atom. The molecule has 108 valence electrons. The zero-order chi connectivity index (χ0) is 14.4. The molecule has 1 N–H and O–H groups in total. The van der Waals surface area contributed by atoms with Crippen molar-refractivity contribution in [1.82, 2.24) is 9.88 Å². The molecule has 2 aliphatic heterocycles. The Hall–Kier alpha value is -2.06. The normalized spacial score (nSPS) is 28.7. The number of hydrogen-bond donors (Lipinski definition) is 1. The number of nitrogens with one attached hydrogen (secondary N) is 1. The fraction of sp³-hybridized carbons (Fsp3) is 0.500. The van der Waals surface area contributed by atoms with E-state index in [0.717, 1.165) is 11.2 Å². The molecule has 4 heterocycles. The molecule has 21 heavy (non-hydrogen) atoms. The first kappa shape index (κ1) is 12.7. The molecule has 2 fully saturated rings. The van der Waals surface area contributed by atoms with E-state index in [0.29, 0.717) is 29.5 Å². The standard InChI is InChI=1S/C16H18N4O/c1-20-12-2-3-13(20)7-11(6-12)19-16-5-10-4-14(8-17)21-15(10)9-18-16/h4-5,9,11-13H,2-3,6-7H2,1H3,(H,18,19). The molecule has 5 heteroatoms. The first-order chi connectivity index (χ1) is 10.2. The summed E-state index contributed by atoms with van der Waals surface area (Å²) in [6.45, 7) is 0. The van der Waals surface area contributed by atoms with Gasteiger partial charge in [-0.05, 0) is 38.8 Å². The minimum Gasteiger partial charge on any atom is -0.444 e. The van der Waals surface area contributed by atoms with Gasteiger partial charge in [0, 0.05) is 29.6 Å². The molecule has 2 aliphatic rings. The number of nitriles is 1. The van der Waals surface area contributed by atoms with Crippen molar-refractivity contribution in [2.24, 2.45) is 0 Å². The molecule has 2 saturated heterocycles. The maximum atomic E-state index is 8.87. The maximum absolute atomic E-state index is 8.87. The topological polar surface area (TPSA) is 65.1 Å². The fourth-order valence-corrected chi connectivity index (χ4v) is 3.82. The van der Waals surface area contributed by atoms with Crippen molar-refractivity contribution in [2.75, 3.05) is 12.4 Å². The Kier molecular flexibility index (Phi) is 2.86. The van der Waals surface area contributed by atoms with Crippen LogP contribution in [0.1, 0.15) is 31.4 Å². The number of aromatic nitrogens is 1. The first-order valence-corrected chi connectivity index (χ1v) is 7.51. The van der Waals surface area contributed by atoms with Crippen LogP contribution < -0.4 is 5.32 Å². The Labute approximate surface area is 123 Å². The number of furan rings is 1. The van der Waals surface area contributed by atoms with Gasteiger partial charge in [0.05, 0.1) is 6.20 Å². The highest BCUT2D eigenvalue weighted by Crippen LogP contribution is 2.35. The highest BCUT2D eigenvalue weighted by Gasteiger charge is 2.38. The van der Waals surface area contributed by atoms with Gasteiger partial charge in [-0.2, -0.15) is 5.26 Å². The number of pyridine rings is 1. The molecule has 2 atom stereocenters. The van der Waals surface area contributed by atoms with Crippen LogP contribution in [-0.2, 0) is 0 Å². The Balaban J connectivity index is 1.53. The lowest BCUT2D eigenvalue weighted by atomic mass is 9.98. The molecule has 0 radical (unpaired) electrons. The molecule has 0 amide bonds. The largest absolute Gasteiger partial charge is 0.444 e. The van der Waals surface area contributed by atoms with E-state index < -0.39 is 0 Å². The summed E-state index contributed by atoms with van der Waals surface area (Å²) in [5, 5.41) is 13.4. The van der Waals surface area contributed by atoms with Crippen LogP contribution in [0.4, 0.5) is 5.82 Å². The summed E-state index contributed by atoms with van der Waals surface area (Å²) in [5.74, 6) is 1.21. The van der Waals surface area contributed by atoms with Crippen molar-refractivity contribution in [3.8, 4) is 6.07 Å². The summed E-state index contributed by atoms with van der Waals surface area (Å²) >= 11 is 0. The van der Waals surface area contributed by atoms with Gasteiger partial charge >= 0.3 is 0 Å². The van der Waals surface area contributed by atoms with Crippen molar-refractivity contribution in [3.05, 3.63) is 24.1 Å². The highest BCUT2D eigenvalue weighted by molar-refractivity contribution is 5.80. The average Bonchev–Trinajstić information content (AvgIpc) is 2.96. The number of piperidine rings is 1. The van der Waals surface area contributed by atoms with Crippen molar-refractivity contribution in [3.63, 3.8) is 0 Å². The summed E-state index contributed by atoms with van der Waals surface area (Å²) in [6, 6.07) is 7.67. The number of hydrogen-bond acceptors (Lipinski definition) is 5. The fourth-order valence-electron chi connectivity index (χ4n) is 3.82. The lowest BCUT2D eigenvalue weighted by Crippen LogP contribution is -2.44. The average molecular weight is 282 g/mol. The summed E-state index contributed by atoms with van der Waals surface area (Å²) in [4.78, 5) is 6.94. The Morgan fingerprint density at radius 2 is 2.10 bits per heavy atom. The summed E-state index contributed by atoms with van der Waals surface area (Å²) < 4.78 is 5.36. The van der Waals surface area contributed by atoms with Crippen LogP contribution in [-0.4, -0.2) is 35.1 Å². The first-order valence-electron chi connectivity index (χ1n) is 7.51. The molecule has 0 saturated carbocycles. The van der Waals surface area contributed by atoms with Crippen LogP contribution in [0.15, 0.2) is 22.7 Å². The summed E-state index contributed by atoms with van der Waals surface area (Å²) in [6.07, 6.45) is 6.70. The second-order valence-electron chi connectivity index (χ2n) is 6.19. The van der Waals surface area contributed by atoms with Gasteiger partial charge in [0.25, 0.3) is 0 Å². The number of nitrogens with zero attached hydrogens (tertiary/aromatic N) is 3. The van der Waals surface area contributed by atoms with Gasteiger partial charge in [-0.15, -0.1) is 0 Å². The van der Waals surface area contributed by atoms with Gasteiger partial charge in [-0.3, -0.25) is 0 Å². The minimum atomic E-state index is 0.335. The van der Waals surface area contributed by atoms with Crippen molar-refractivity contribution < 1.29 is 4.42 Å². The van der Waals surface area contributed by atoms with Gasteiger partial charge in [0.15, 0.2) is 5.58 Å². The molecule has 0 spiro atoms. The predicted octanol–water partition coefficient (Wildman–Crippen LogP) is 2.74. The van der Waals surface area contributed by atoms with E-state index in [1.165, 1.54) is 25.7 Å². The van der Waals surface area contributed by atoms with Crippen LogP contribution in [0.2, 0.25) is 0 Å². The van der Waals surface area contributed by atoms with E-state index in [9.17, 15) is 0 Å². The van der Waals surface area contributed by atoms with E-state index in [4.69, 9.17) is 9.68 Å². The number of fused-ring (bicyclic) bond motifs is 3.